The number of hydrogen-bond acceptors (Lipinski definition) is 8. The first kappa shape index (κ1) is 35.3. The van der Waals surface area contributed by atoms with Crippen LogP contribution in [0, 0.1) is 0 Å². The van der Waals surface area contributed by atoms with Crippen molar-refractivity contribution in [3.05, 3.63) is 75.3 Å². The maximum atomic E-state index is 12.5. The number of halogens is 5. The maximum absolute atomic E-state index is 12.5. The molecule has 0 saturated heterocycles. The molecule has 0 heterocycles. The molecule has 1 amide bonds. The SMILES string of the molecule is COc1cc(N)c(OCc2ccc(OC(F)(F)F)cc2)c(COc2c(Cl)cc(C[C@H](NC(=O)OC(C)(C)C)C(=O)O)cc2Cl)c1. The zero-order valence-electron chi connectivity index (χ0n) is 24.6. The van der Waals surface area contributed by atoms with Gasteiger partial charge in [-0.1, -0.05) is 35.3 Å². The van der Waals surface area contributed by atoms with Crippen molar-refractivity contribution in [2.24, 2.45) is 0 Å². The summed E-state index contributed by atoms with van der Waals surface area (Å²) in [5.41, 5.74) is 6.96. The highest BCUT2D eigenvalue weighted by Gasteiger charge is 2.31. The summed E-state index contributed by atoms with van der Waals surface area (Å²) in [6.45, 7) is 4.75. The van der Waals surface area contributed by atoms with E-state index in [1.165, 1.54) is 37.4 Å². The van der Waals surface area contributed by atoms with Gasteiger partial charge in [0.2, 0.25) is 0 Å². The van der Waals surface area contributed by atoms with Crippen LogP contribution >= 0.6 is 23.2 Å². The molecule has 0 unspecified atom stereocenters. The van der Waals surface area contributed by atoms with E-state index in [-0.39, 0.29) is 52.6 Å². The normalized spacial score (nSPS) is 12.2. The molecular weight excluding hydrogens is 644 g/mol. The first-order valence-electron chi connectivity index (χ1n) is 13.2. The lowest BCUT2D eigenvalue weighted by molar-refractivity contribution is -0.274. The average Bonchev–Trinajstić information content (AvgIpc) is 2.90. The van der Waals surface area contributed by atoms with Gasteiger partial charge in [-0.05, 0) is 62.2 Å². The Bertz CT molecular complexity index is 1490. The monoisotopic (exact) mass is 674 g/mol. The number of rotatable bonds is 12. The van der Waals surface area contributed by atoms with Crippen molar-refractivity contribution >= 4 is 41.0 Å². The summed E-state index contributed by atoms with van der Waals surface area (Å²) in [5, 5.41) is 12.1. The number of alkyl carbamates (subject to hydrolysis) is 1. The van der Waals surface area contributed by atoms with Crippen LogP contribution in [0.3, 0.4) is 0 Å². The molecular formula is C30H31Cl2F3N2O8. The zero-order chi connectivity index (χ0) is 33.5. The van der Waals surface area contributed by atoms with Crippen LogP contribution in [-0.4, -0.2) is 42.3 Å². The van der Waals surface area contributed by atoms with E-state index in [0.29, 0.717) is 22.4 Å². The molecule has 0 aromatic heterocycles. The number of nitrogens with one attached hydrogen (secondary N) is 1. The second-order valence-corrected chi connectivity index (χ2v) is 11.4. The minimum atomic E-state index is -4.81. The van der Waals surface area contributed by atoms with Crippen molar-refractivity contribution in [1.29, 1.82) is 0 Å². The third-order valence-corrected chi connectivity index (χ3v) is 6.36. The lowest BCUT2D eigenvalue weighted by Crippen LogP contribution is -2.44. The molecule has 0 fully saturated rings. The highest BCUT2D eigenvalue weighted by molar-refractivity contribution is 6.37. The Labute approximate surface area is 267 Å². The van der Waals surface area contributed by atoms with Crippen LogP contribution in [0.25, 0.3) is 0 Å². The Morgan fingerprint density at radius 3 is 2.04 bits per heavy atom. The van der Waals surface area contributed by atoms with Gasteiger partial charge in [0.1, 0.15) is 42.1 Å². The number of carbonyl (C=O) groups excluding carboxylic acids is 1. The van der Waals surface area contributed by atoms with Crippen LogP contribution in [0.15, 0.2) is 48.5 Å². The minimum Gasteiger partial charge on any atom is -0.497 e. The van der Waals surface area contributed by atoms with E-state index in [0.717, 1.165) is 12.1 Å². The van der Waals surface area contributed by atoms with Crippen molar-refractivity contribution in [3.63, 3.8) is 0 Å². The summed E-state index contributed by atoms with van der Waals surface area (Å²) in [6.07, 6.45) is -5.85. The molecule has 0 aliphatic rings. The van der Waals surface area contributed by atoms with Crippen molar-refractivity contribution in [2.75, 3.05) is 12.8 Å². The second-order valence-electron chi connectivity index (χ2n) is 10.6. The van der Waals surface area contributed by atoms with Crippen LogP contribution in [0.4, 0.5) is 23.7 Å². The molecule has 1 atom stereocenters. The van der Waals surface area contributed by atoms with E-state index in [2.05, 4.69) is 10.1 Å². The maximum Gasteiger partial charge on any atom is 0.573 e. The smallest absolute Gasteiger partial charge is 0.497 e. The molecule has 0 radical (unpaired) electrons. The molecule has 4 N–H and O–H groups in total. The number of amides is 1. The van der Waals surface area contributed by atoms with Gasteiger partial charge in [-0.15, -0.1) is 13.2 Å². The number of carbonyl (C=O) groups is 2. The molecule has 0 bridgehead atoms. The number of hydrogen-bond donors (Lipinski definition) is 3. The molecule has 15 heteroatoms. The number of methoxy groups -OCH3 is 1. The van der Waals surface area contributed by atoms with E-state index in [9.17, 15) is 27.9 Å². The third kappa shape index (κ3) is 11.0. The first-order chi connectivity index (χ1) is 20.9. The van der Waals surface area contributed by atoms with Gasteiger partial charge in [-0.25, -0.2) is 9.59 Å². The fraction of sp³-hybridized carbons (Fsp3) is 0.333. The highest BCUT2D eigenvalue weighted by atomic mass is 35.5. The molecule has 45 heavy (non-hydrogen) atoms. The molecule has 3 rings (SSSR count). The Morgan fingerprint density at radius 2 is 1.51 bits per heavy atom. The summed E-state index contributed by atoms with van der Waals surface area (Å²) >= 11 is 12.9. The number of nitrogens with two attached hydrogens (primary N) is 1. The van der Waals surface area contributed by atoms with Crippen molar-refractivity contribution in [1.82, 2.24) is 5.32 Å². The number of ether oxygens (including phenoxy) is 5. The summed E-state index contributed by atoms with van der Waals surface area (Å²) in [4.78, 5) is 23.9. The third-order valence-electron chi connectivity index (χ3n) is 5.80. The van der Waals surface area contributed by atoms with Gasteiger partial charge in [0.15, 0.2) is 5.75 Å². The summed E-state index contributed by atoms with van der Waals surface area (Å²) < 4.78 is 63.5. The first-order valence-corrected chi connectivity index (χ1v) is 14.0. The predicted molar refractivity (Wildman–Crippen MR) is 160 cm³/mol. The van der Waals surface area contributed by atoms with E-state index < -0.39 is 30.1 Å². The molecule has 0 aliphatic heterocycles. The number of carboxylic acid groups (broad SMARTS) is 1. The van der Waals surface area contributed by atoms with Gasteiger partial charge in [-0.2, -0.15) is 0 Å². The number of benzene rings is 3. The summed E-state index contributed by atoms with van der Waals surface area (Å²) in [5.74, 6) is -0.949. The minimum absolute atomic E-state index is 0.0475. The lowest BCUT2D eigenvalue weighted by atomic mass is 10.1. The Kier molecular flexibility index (Phi) is 11.5. The number of carboxylic acids is 1. The lowest BCUT2D eigenvalue weighted by Gasteiger charge is -2.22. The van der Waals surface area contributed by atoms with Crippen molar-refractivity contribution in [3.8, 4) is 23.0 Å². The molecule has 3 aromatic rings. The van der Waals surface area contributed by atoms with E-state index in [1.807, 2.05) is 0 Å². The topological polar surface area (TPSA) is 139 Å². The highest BCUT2D eigenvalue weighted by Crippen LogP contribution is 2.38. The zero-order valence-corrected chi connectivity index (χ0v) is 26.1. The van der Waals surface area contributed by atoms with Crippen LogP contribution in [0.1, 0.15) is 37.5 Å². The molecule has 0 aliphatic carbocycles. The van der Waals surface area contributed by atoms with Crippen molar-refractivity contribution < 1.29 is 51.6 Å². The average molecular weight is 675 g/mol. The standard InChI is InChI=1S/C30H31Cl2F3N2O8/c1-29(2,3)45-28(40)37-24(27(38)39)11-17-9-21(31)26(22(32)10-17)43-15-18-12-20(41-4)13-23(36)25(18)42-14-16-5-7-19(8-6-16)44-30(33,34)35/h5-10,12-13,24H,11,14-15,36H2,1-4H3,(H,37,40)(H,38,39)/t24-/m0/s1. The van der Waals surface area contributed by atoms with Crippen LogP contribution < -0.4 is 30.0 Å². The molecule has 10 nitrogen and oxygen atoms in total. The molecule has 244 valence electrons. The van der Waals surface area contributed by atoms with Crippen molar-refractivity contribution in [2.45, 2.75) is 58.4 Å². The quantitative estimate of drug-likeness (QED) is 0.171. The van der Waals surface area contributed by atoms with Gasteiger partial charge in [-0.3, -0.25) is 0 Å². The Morgan fingerprint density at radius 1 is 0.911 bits per heavy atom. The number of alkyl halides is 3. The van der Waals surface area contributed by atoms with Crippen LogP contribution in [0.2, 0.25) is 10.0 Å². The predicted octanol–water partition coefficient (Wildman–Crippen LogP) is 7.16. The van der Waals surface area contributed by atoms with Crippen LogP contribution in [-0.2, 0) is 29.2 Å². The van der Waals surface area contributed by atoms with Gasteiger partial charge < -0.3 is 39.8 Å². The Balaban J connectivity index is 1.75. The molecule has 0 spiro atoms. The van der Waals surface area contributed by atoms with E-state index >= 15 is 0 Å². The van der Waals surface area contributed by atoms with Crippen LogP contribution in [0.5, 0.6) is 23.0 Å². The summed E-state index contributed by atoms with van der Waals surface area (Å²) in [7, 11) is 1.44. The van der Waals surface area contributed by atoms with Gasteiger partial charge in [0, 0.05) is 18.1 Å². The number of nitrogen functional groups attached to an aromatic ring is 1. The number of anilines is 1. The second kappa shape index (κ2) is 14.7. The van der Waals surface area contributed by atoms with Gasteiger partial charge in [0.25, 0.3) is 0 Å². The Hall–Kier alpha value is -4.23. The van der Waals surface area contributed by atoms with Gasteiger partial charge in [0.05, 0.1) is 22.8 Å². The fourth-order valence-corrected chi connectivity index (χ4v) is 4.57. The van der Waals surface area contributed by atoms with Gasteiger partial charge >= 0.3 is 18.4 Å². The van der Waals surface area contributed by atoms with E-state index in [1.54, 1.807) is 26.8 Å². The fourth-order valence-electron chi connectivity index (χ4n) is 3.93. The largest absolute Gasteiger partial charge is 0.573 e. The van der Waals surface area contributed by atoms with E-state index in [4.69, 9.17) is 47.9 Å². The number of aliphatic carboxylic acids is 1. The summed E-state index contributed by atoms with van der Waals surface area (Å²) in [6, 6.07) is 9.87. The molecule has 0 saturated carbocycles. The molecule has 3 aromatic carbocycles.